The Kier molecular flexibility index (Phi) is 5.58. The molecule has 1 unspecified atom stereocenters. The lowest BCUT2D eigenvalue weighted by Gasteiger charge is -2.14. The summed E-state index contributed by atoms with van der Waals surface area (Å²) in [5.41, 5.74) is 0.248. The molecule has 144 valence electrons. The van der Waals surface area contributed by atoms with Gasteiger partial charge in [0, 0.05) is 11.9 Å². The zero-order valence-electron chi connectivity index (χ0n) is 14.9. The van der Waals surface area contributed by atoms with E-state index in [-0.39, 0.29) is 23.4 Å². The van der Waals surface area contributed by atoms with E-state index < -0.39 is 17.6 Å². The van der Waals surface area contributed by atoms with E-state index in [0.717, 1.165) is 17.7 Å². The van der Waals surface area contributed by atoms with Crippen molar-refractivity contribution in [2.75, 3.05) is 10.6 Å². The Morgan fingerprint density at radius 1 is 1.04 bits per heavy atom. The van der Waals surface area contributed by atoms with Crippen LogP contribution < -0.4 is 10.6 Å². The molecule has 0 aliphatic heterocycles. The molecule has 8 heteroatoms. The molecular weight excluding hydrogens is 369 g/mol. The van der Waals surface area contributed by atoms with Crippen LogP contribution in [0.25, 0.3) is 0 Å². The maximum absolute atomic E-state index is 12.8. The van der Waals surface area contributed by atoms with Gasteiger partial charge in [0.05, 0.1) is 11.6 Å². The molecular formula is C20H17F3N4O. The molecule has 0 fully saturated rings. The monoisotopic (exact) mass is 386 g/mol. The average Bonchev–Trinajstić information content (AvgIpc) is 2.68. The summed E-state index contributed by atoms with van der Waals surface area (Å²) in [6, 6.07) is 15.3. The number of benzene rings is 2. The summed E-state index contributed by atoms with van der Waals surface area (Å²) in [6.45, 7) is 1.92. The van der Waals surface area contributed by atoms with Crippen LogP contribution in [0.5, 0.6) is 0 Å². The van der Waals surface area contributed by atoms with Gasteiger partial charge in [0.1, 0.15) is 5.69 Å². The number of halogens is 3. The highest BCUT2D eigenvalue weighted by atomic mass is 19.4. The molecule has 3 rings (SSSR count). The second-order valence-electron chi connectivity index (χ2n) is 6.07. The van der Waals surface area contributed by atoms with Gasteiger partial charge in [-0.25, -0.2) is 9.97 Å². The molecule has 0 radical (unpaired) electrons. The van der Waals surface area contributed by atoms with Gasteiger partial charge in [-0.1, -0.05) is 36.4 Å². The molecule has 0 bridgehead atoms. The fourth-order valence-corrected chi connectivity index (χ4v) is 2.54. The first-order chi connectivity index (χ1) is 13.3. The van der Waals surface area contributed by atoms with Gasteiger partial charge < -0.3 is 10.6 Å². The summed E-state index contributed by atoms with van der Waals surface area (Å²) < 4.78 is 38.4. The number of alkyl halides is 3. The number of rotatable bonds is 5. The topological polar surface area (TPSA) is 66.9 Å². The predicted octanol–water partition coefficient (Wildman–Crippen LogP) is 4.92. The maximum atomic E-state index is 12.8. The van der Waals surface area contributed by atoms with E-state index in [9.17, 15) is 18.0 Å². The first-order valence-corrected chi connectivity index (χ1v) is 8.46. The van der Waals surface area contributed by atoms with E-state index in [1.165, 1.54) is 24.4 Å². The highest BCUT2D eigenvalue weighted by Crippen LogP contribution is 2.30. The van der Waals surface area contributed by atoms with Crippen LogP contribution in [0.2, 0.25) is 0 Å². The van der Waals surface area contributed by atoms with Crippen molar-refractivity contribution in [3.8, 4) is 0 Å². The number of carbonyl (C=O) groups is 1. The largest absolute Gasteiger partial charge is 0.416 e. The van der Waals surface area contributed by atoms with Crippen LogP contribution in [0.1, 0.15) is 34.6 Å². The first kappa shape index (κ1) is 19.3. The fourth-order valence-electron chi connectivity index (χ4n) is 2.54. The zero-order valence-corrected chi connectivity index (χ0v) is 14.9. The van der Waals surface area contributed by atoms with Crippen LogP contribution in [0.15, 0.2) is 66.9 Å². The number of nitrogens with one attached hydrogen (secondary N) is 2. The van der Waals surface area contributed by atoms with Gasteiger partial charge in [0.2, 0.25) is 5.95 Å². The number of nitrogens with zero attached hydrogens (tertiary/aromatic N) is 2. The number of hydrogen-bond donors (Lipinski definition) is 2. The average molecular weight is 386 g/mol. The van der Waals surface area contributed by atoms with E-state index in [4.69, 9.17) is 0 Å². The molecule has 1 aromatic heterocycles. The number of amides is 1. The molecule has 3 aromatic rings. The van der Waals surface area contributed by atoms with Crippen molar-refractivity contribution in [1.82, 2.24) is 9.97 Å². The number of aromatic nitrogens is 2. The van der Waals surface area contributed by atoms with E-state index >= 15 is 0 Å². The normalized spacial score (nSPS) is 12.3. The number of anilines is 2. The molecule has 0 saturated heterocycles. The minimum Gasteiger partial charge on any atom is -0.348 e. The molecule has 0 aliphatic carbocycles. The smallest absolute Gasteiger partial charge is 0.348 e. The van der Waals surface area contributed by atoms with Crippen molar-refractivity contribution in [1.29, 1.82) is 0 Å². The van der Waals surface area contributed by atoms with Crippen molar-refractivity contribution in [2.45, 2.75) is 19.1 Å². The Hall–Kier alpha value is -3.42. The summed E-state index contributed by atoms with van der Waals surface area (Å²) in [6.07, 6.45) is -3.07. The van der Waals surface area contributed by atoms with Crippen molar-refractivity contribution < 1.29 is 18.0 Å². The minimum atomic E-state index is -4.49. The second-order valence-corrected chi connectivity index (χ2v) is 6.07. The van der Waals surface area contributed by atoms with Gasteiger partial charge >= 0.3 is 6.18 Å². The van der Waals surface area contributed by atoms with E-state index in [0.29, 0.717) is 0 Å². The summed E-state index contributed by atoms with van der Waals surface area (Å²) in [7, 11) is 0. The van der Waals surface area contributed by atoms with E-state index in [1.807, 2.05) is 37.3 Å². The van der Waals surface area contributed by atoms with Crippen molar-refractivity contribution >= 4 is 17.5 Å². The zero-order chi connectivity index (χ0) is 20.1. The van der Waals surface area contributed by atoms with Crippen molar-refractivity contribution in [2.24, 2.45) is 0 Å². The van der Waals surface area contributed by atoms with Gasteiger partial charge in [-0.05, 0) is 36.8 Å². The molecule has 2 N–H and O–H groups in total. The second kappa shape index (κ2) is 8.08. The van der Waals surface area contributed by atoms with Crippen LogP contribution >= 0.6 is 0 Å². The first-order valence-electron chi connectivity index (χ1n) is 8.46. The molecule has 1 atom stereocenters. The summed E-state index contributed by atoms with van der Waals surface area (Å²) >= 11 is 0. The molecule has 1 heterocycles. The molecule has 2 aromatic carbocycles. The highest BCUT2D eigenvalue weighted by molar-refractivity contribution is 6.03. The fraction of sp³-hybridized carbons (Fsp3) is 0.150. The molecule has 0 aliphatic rings. The Labute approximate surface area is 159 Å². The summed E-state index contributed by atoms with van der Waals surface area (Å²) in [5.74, 6) is -0.384. The van der Waals surface area contributed by atoms with Crippen molar-refractivity contribution in [3.63, 3.8) is 0 Å². The van der Waals surface area contributed by atoms with Crippen LogP contribution in [0.4, 0.5) is 24.8 Å². The van der Waals surface area contributed by atoms with E-state index in [1.54, 1.807) is 0 Å². The Bertz CT molecular complexity index is 961. The van der Waals surface area contributed by atoms with Gasteiger partial charge in [-0.2, -0.15) is 13.2 Å². The SMILES string of the molecule is CC(Nc1nccc(C(=O)Nc2cccc(C(F)(F)F)c2)n1)c1ccccc1. The standard InChI is InChI=1S/C20H17F3N4O/c1-13(14-6-3-2-4-7-14)25-19-24-11-10-17(27-19)18(28)26-16-9-5-8-15(12-16)20(21,22)23/h2-13H,1H3,(H,26,28)(H,24,25,27). The van der Waals surface area contributed by atoms with Gasteiger partial charge in [-0.15, -0.1) is 0 Å². The van der Waals surface area contributed by atoms with E-state index in [2.05, 4.69) is 20.6 Å². The molecule has 1 amide bonds. The summed E-state index contributed by atoms with van der Waals surface area (Å²) in [4.78, 5) is 20.6. The molecule has 0 spiro atoms. The van der Waals surface area contributed by atoms with Crippen LogP contribution in [-0.2, 0) is 6.18 Å². The third-order valence-corrected chi connectivity index (χ3v) is 3.98. The summed E-state index contributed by atoms with van der Waals surface area (Å²) in [5, 5.41) is 5.52. The quantitative estimate of drug-likeness (QED) is 0.653. The van der Waals surface area contributed by atoms with Gasteiger partial charge in [0.25, 0.3) is 5.91 Å². The third kappa shape index (κ3) is 4.85. The van der Waals surface area contributed by atoms with Crippen LogP contribution in [0.3, 0.4) is 0 Å². The van der Waals surface area contributed by atoms with Gasteiger partial charge in [0.15, 0.2) is 0 Å². The maximum Gasteiger partial charge on any atom is 0.416 e. The minimum absolute atomic E-state index is 0.0330. The number of carbonyl (C=O) groups excluding carboxylic acids is 1. The molecule has 5 nitrogen and oxygen atoms in total. The van der Waals surface area contributed by atoms with Gasteiger partial charge in [-0.3, -0.25) is 4.79 Å². The van der Waals surface area contributed by atoms with Crippen LogP contribution in [-0.4, -0.2) is 15.9 Å². The number of hydrogen-bond acceptors (Lipinski definition) is 4. The lowest BCUT2D eigenvalue weighted by Crippen LogP contribution is -2.17. The molecule has 0 saturated carbocycles. The lowest BCUT2D eigenvalue weighted by atomic mass is 10.1. The Morgan fingerprint density at radius 2 is 1.79 bits per heavy atom. The third-order valence-electron chi connectivity index (χ3n) is 3.98. The predicted molar refractivity (Wildman–Crippen MR) is 99.9 cm³/mol. The highest BCUT2D eigenvalue weighted by Gasteiger charge is 2.30. The molecule has 28 heavy (non-hydrogen) atoms. The van der Waals surface area contributed by atoms with Crippen LogP contribution in [0, 0.1) is 0 Å². The van der Waals surface area contributed by atoms with Crippen molar-refractivity contribution in [3.05, 3.63) is 83.7 Å². The lowest BCUT2D eigenvalue weighted by molar-refractivity contribution is -0.137. The Morgan fingerprint density at radius 3 is 2.50 bits per heavy atom. The Balaban J connectivity index is 1.72.